The molecule has 144 valence electrons. The van der Waals surface area contributed by atoms with Crippen molar-refractivity contribution >= 4 is 40.0 Å². The second-order valence-corrected chi connectivity index (χ2v) is 8.66. The van der Waals surface area contributed by atoms with Gasteiger partial charge in [-0.2, -0.15) is 11.8 Å². The highest BCUT2D eigenvalue weighted by molar-refractivity contribution is 7.98. The summed E-state index contributed by atoms with van der Waals surface area (Å²) in [6.45, 7) is 2.13. The molecule has 2 aromatic rings. The van der Waals surface area contributed by atoms with Crippen LogP contribution in [0.4, 0.5) is 5.00 Å². The van der Waals surface area contributed by atoms with Gasteiger partial charge < -0.3 is 10.1 Å². The van der Waals surface area contributed by atoms with Crippen molar-refractivity contribution < 1.29 is 14.3 Å². The van der Waals surface area contributed by atoms with Gasteiger partial charge in [0.15, 0.2) is 0 Å². The Kier molecular flexibility index (Phi) is 6.96. The largest absolute Gasteiger partial charge is 0.462 e. The number of ether oxygens (including phenoxy) is 1. The fourth-order valence-electron chi connectivity index (χ4n) is 3.49. The van der Waals surface area contributed by atoms with Crippen LogP contribution < -0.4 is 5.32 Å². The van der Waals surface area contributed by atoms with Gasteiger partial charge in [0.1, 0.15) is 5.00 Å². The number of rotatable bonds is 7. The van der Waals surface area contributed by atoms with Crippen molar-refractivity contribution in [3.8, 4) is 0 Å². The van der Waals surface area contributed by atoms with E-state index in [9.17, 15) is 9.59 Å². The minimum Gasteiger partial charge on any atom is -0.462 e. The number of esters is 1. The first-order valence-electron chi connectivity index (χ1n) is 9.29. The average molecular weight is 404 g/mol. The van der Waals surface area contributed by atoms with Crippen molar-refractivity contribution in [1.82, 2.24) is 0 Å². The lowest BCUT2D eigenvalue weighted by Crippen LogP contribution is -2.17. The first-order chi connectivity index (χ1) is 13.1. The molecular weight excluding hydrogens is 378 g/mol. The number of carbonyl (C=O) groups excluding carboxylic acids is 2. The van der Waals surface area contributed by atoms with E-state index in [0.717, 1.165) is 30.6 Å². The van der Waals surface area contributed by atoms with Gasteiger partial charge in [-0.05, 0) is 49.5 Å². The highest BCUT2D eigenvalue weighted by atomic mass is 32.2. The summed E-state index contributed by atoms with van der Waals surface area (Å²) >= 11 is 3.17. The molecule has 4 nitrogen and oxygen atoms in total. The molecule has 1 N–H and O–H groups in total. The number of hydrogen-bond donors (Lipinski definition) is 1. The van der Waals surface area contributed by atoms with E-state index in [1.54, 1.807) is 18.7 Å². The van der Waals surface area contributed by atoms with Crippen molar-refractivity contribution in [3.63, 3.8) is 0 Å². The van der Waals surface area contributed by atoms with Gasteiger partial charge in [-0.25, -0.2) is 4.79 Å². The summed E-state index contributed by atoms with van der Waals surface area (Å²) in [4.78, 5) is 26.0. The third kappa shape index (κ3) is 4.74. The molecule has 1 heterocycles. The van der Waals surface area contributed by atoms with E-state index in [4.69, 9.17) is 4.74 Å². The summed E-state index contributed by atoms with van der Waals surface area (Å²) in [5.74, 6) is 0.843. The molecule has 6 heteroatoms. The zero-order valence-corrected chi connectivity index (χ0v) is 17.4. The normalized spacial score (nSPS) is 15.9. The number of benzene rings is 1. The third-order valence-electron chi connectivity index (χ3n) is 4.80. The van der Waals surface area contributed by atoms with E-state index in [1.165, 1.54) is 21.8 Å². The molecule has 1 atom stereocenters. The Bertz CT molecular complexity index is 801. The Hall–Kier alpha value is -1.79. The Morgan fingerprint density at radius 3 is 2.78 bits per heavy atom. The predicted molar refractivity (Wildman–Crippen MR) is 113 cm³/mol. The van der Waals surface area contributed by atoms with Crippen LogP contribution in [0.15, 0.2) is 30.3 Å². The molecule has 0 saturated heterocycles. The number of hydrogen-bond acceptors (Lipinski definition) is 5. The van der Waals surface area contributed by atoms with Crippen molar-refractivity contribution in [3.05, 3.63) is 51.9 Å². The molecule has 1 aliphatic rings. The number of amides is 1. The maximum absolute atomic E-state index is 12.6. The van der Waals surface area contributed by atoms with Crippen molar-refractivity contribution in [2.75, 3.05) is 23.9 Å². The summed E-state index contributed by atoms with van der Waals surface area (Å²) in [6.07, 6.45) is 5.15. The summed E-state index contributed by atoms with van der Waals surface area (Å²) < 4.78 is 5.28. The van der Waals surface area contributed by atoms with Crippen LogP contribution in [0.2, 0.25) is 0 Å². The number of fused-ring (bicyclic) bond motifs is 1. The molecule has 1 aliphatic carbocycles. The van der Waals surface area contributed by atoms with Crippen molar-refractivity contribution in [1.29, 1.82) is 0 Å². The molecule has 0 unspecified atom stereocenters. The Morgan fingerprint density at radius 2 is 2.07 bits per heavy atom. The molecule has 0 radical (unpaired) electrons. The molecule has 0 spiro atoms. The summed E-state index contributed by atoms with van der Waals surface area (Å²) in [5, 5.41) is 3.61. The summed E-state index contributed by atoms with van der Waals surface area (Å²) in [5.41, 5.74) is 2.96. The highest BCUT2D eigenvalue weighted by Gasteiger charge is 2.30. The minimum atomic E-state index is -0.326. The van der Waals surface area contributed by atoms with Crippen molar-refractivity contribution in [2.24, 2.45) is 0 Å². The highest BCUT2D eigenvalue weighted by Crippen LogP contribution is 2.42. The lowest BCUT2D eigenvalue weighted by molar-refractivity contribution is -0.115. The second kappa shape index (κ2) is 9.42. The van der Waals surface area contributed by atoms with Crippen LogP contribution in [0.5, 0.6) is 0 Å². The van der Waals surface area contributed by atoms with Gasteiger partial charge in [0, 0.05) is 17.1 Å². The standard InChI is InChI=1S/C21H25NO3S2/c1-3-25-21(24)19-16-10-9-15(14-7-5-4-6-8-14)13-17(16)27-20(19)22-18(23)11-12-26-2/h4-8,15H,3,9-13H2,1-2H3,(H,22,23)/t15-/m1/s1. The van der Waals surface area contributed by atoms with Gasteiger partial charge in [-0.3, -0.25) is 4.79 Å². The number of thiophene rings is 1. The maximum atomic E-state index is 12.6. The maximum Gasteiger partial charge on any atom is 0.341 e. The number of carbonyl (C=O) groups is 2. The topological polar surface area (TPSA) is 55.4 Å². The van der Waals surface area contributed by atoms with E-state index >= 15 is 0 Å². The van der Waals surface area contributed by atoms with Crippen LogP contribution in [0.1, 0.15) is 52.0 Å². The molecule has 0 fully saturated rings. The molecule has 27 heavy (non-hydrogen) atoms. The Labute approximate surface area is 168 Å². The monoisotopic (exact) mass is 403 g/mol. The van der Waals surface area contributed by atoms with Crippen molar-refractivity contribution in [2.45, 2.75) is 38.5 Å². The zero-order chi connectivity index (χ0) is 19.2. The molecule has 1 aromatic heterocycles. The smallest absolute Gasteiger partial charge is 0.341 e. The van der Waals surface area contributed by atoms with Crippen LogP contribution in [0.25, 0.3) is 0 Å². The second-order valence-electron chi connectivity index (χ2n) is 6.57. The molecule has 1 amide bonds. The van der Waals surface area contributed by atoms with E-state index in [2.05, 4.69) is 29.6 Å². The van der Waals surface area contributed by atoms with E-state index < -0.39 is 0 Å². The minimum absolute atomic E-state index is 0.0481. The molecule has 0 saturated carbocycles. The summed E-state index contributed by atoms with van der Waals surface area (Å²) in [6, 6.07) is 10.5. The zero-order valence-electron chi connectivity index (χ0n) is 15.7. The number of nitrogens with one attached hydrogen (secondary N) is 1. The van der Waals surface area contributed by atoms with Crippen LogP contribution in [-0.4, -0.2) is 30.5 Å². The van der Waals surface area contributed by atoms with Crippen LogP contribution in [0.3, 0.4) is 0 Å². The first kappa shape index (κ1) is 20.0. The number of anilines is 1. The molecule has 0 bridgehead atoms. The van der Waals surface area contributed by atoms with Gasteiger partial charge in [-0.1, -0.05) is 30.3 Å². The van der Waals surface area contributed by atoms with Gasteiger partial charge in [0.2, 0.25) is 5.91 Å². The van der Waals surface area contributed by atoms with E-state index in [0.29, 0.717) is 29.5 Å². The lowest BCUT2D eigenvalue weighted by atomic mass is 9.83. The van der Waals surface area contributed by atoms with E-state index in [1.807, 2.05) is 12.3 Å². The Morgan fingerprint density at radius 1 is 1.30 bits per heavy atom. The van der Waals surface area contributed by atoms with Gasteiger partial charge in [-0.15, -0.1) is 11.3 Å². The predicted octanol–water partition coefficient (Wildman–Crippen LogP) is 4.89. The molecular formula is C21H25NO3S2. The van der Waals surface area contributed by atoms with Gasteiger partial charge in [0.05, 0.1) is 12.2 Å². The lowest BCUT2D eigenvalue weighted by Gasteiger charge is -2.23. The van der Waals surface area contributed by atoms with E-state index in [-0.39, 0.29) is 11.9 Å². The average Bonchev–Trinajstić information content (AvgIpc) is 3.04. The van der Waals surface area contributed by atoms with Crippen LogP contribution in [0, 0.1) is 0 Å². The molecule has 3 rings (SSSR count). The number of thioether (sulfide) groups is 1. The molecule has 0 aliphatic heterocycles. The van der Waals surface area contributed by atoms with Crippen LogP contribution in [-0.2, 0) is 22.4 Å². The molecule has 1 aromatic carbocycles. The fourth-order valence-corrected chi connectivity index (χ4v) is 5.21. The van der Waals surface area contributed by atoms with Gasteiger partial charge >= 0.3 is 5.97 Å². The fraction of sp³-hybridized carbons (Fsp3) is 0.429. The first-order valence-corrected chi connectivity index (χ1v) is 11.5. The summed E-state index contributed by atoms with van der Waals surface area (Å²) in [7, 11) is 0. The quantitative estimate of drug-likeness (QED) is 0.669. The Balaban J connectivity index is 1.87. The third-order valence-corrected chi connectivity index (χ3v) is 6.58. The SMILES string of the molecule is CCOC(=O)c1c(NC(=O)CCSC)sc2c1CC[C@@H](c1ccccc1)C2. The van der Waals surface area contributed by atoms with Crippen LogP contribution >= 0.6 is 23.1 Å². The van der Waals surface area contributed by atoms with Gasteiger partial charge in [0.25, 0.3) is 0 Å².